The highest BCUT2D eigenvalue weighted by Gasteiger charge is 2.11. The third-order valence-corrected chi connectivity index (χ3v) is 2.94. The third-order valence-electron chi connectivity index (χ3n) is 2.94. The molecule has 0 saturated heterocycles. The highest BCUT2D eigenvalue weighted by Crippen LogP contribution is 2.17. The molecule has 0 fully saturated rings. The van der Waals surface area contributed by atoms with Gasteiger partial charge in [0.05, 0.1) is 0 Å². The molecule has 0 radical (unpaired) electrons. The van der Waals surface area contributed by atoms with E-state index in [0.29, 0.717) is 12.3 Å². The van der Waals surface area contributed by atoms with Gasteiger partial charge in [-0.3, -0.25) is 4.79 Å². The average Bonchev–Trinajstić information content (AvgIpc) is 2.25. The topological polar surface area (TPSA) is 46.3 Å². The SMILES string of the molecule is CCCC(CCN)CCC(=O)N(C)CC. The highest BCUT2D eigenvalue weighted by atomic mass is 16.2. The molecule has 1 atom stereocenters. The zero-order chi connectivity index (χ0) is 11.7. The Bertz CT molecular complexity index is 165. The molecule has 0 aliphatic carbocycles. The molecule has 0 aromatic heterocycles. The summed E-state index contributed by atoms with van der Waals surface area (Å²) in [5.74, 6) is 0.893. The molecule has 3 nitrogen and oxygen atoms in total. The second kappa shape index (κ2) is 8.72. The van der Waals surface area contributed by atoms with Crippen LogP contribution < -0.4 is 5.73 Å². The molecule has 0 bridgehead atoms. The van der Waals surface area contributed by atoms with Crippen LogP contribution in [0, 0.1) is 5.92 Å². The number of amides is 1. The van der Waals surface area contributed by atoms with Gasteiger partial charge in [-0.25, -0.2) is 0 Å². The van der Waals surface area contributed by atoms with E-state index >= 15 is 0 Å². The number of hydrogen-bond donors (Lipinski definition) is 1. The average molecular weight is 214 g/mol. The number of carbonyl (C=O) groups excluding carboxylic acids is 1. The quantitative estimate of drug-likeness (QED) is 0.672. The molecule has 3 heteroatoms. The normalized spacial score (nSPS) is 12.5. The standard InChI is InChI=1S/C12H26N2O/c1-4-6-11(9-10-13)7-8-12(15)14(3)5-2/h11H,4-10,13H2,1-3H3. The maximum absolute atomic E-state index is 11.6. The summed E-state index contributed by atoms with van der Waals surface area (Å²) in [5, 5.41) is 0. The predicted octanol–water partition coefficient (Wildman–Crippen LogP) is 2.01. The van der Waals surface area contributed by atoms with Crippen molar-refractivity contribution in [3.05, 3.63) is 0 Å². The molecule has 1 unspecified atom stereocenters. The lowest BCUT2D eigenvalue weighted by atomic mass is 9.94. The summed E-state index contributed by atoms with van der Waals surface area (Å²) < 4.78 is 0. The molecular weight excluding hydrogens is 188 g/mol. The van der Waals surface area contributed by atoms with E-state index in [1.165, 1.54) is 12.8 Å². The maximum Gasteiger partial charge on any atom is 0.222 e. The van der Waals surface area contributed by atoms with Crippen LogP contribution in [0.5, 0.6) is 0 Å². The first-order chi connectivity index (χ1) is 7.15. The van der Waals surface area contributed by atoms with Gasteiger partial charge >= 0.3 is 0 Å². The molecule has 0 rings (SSSR count). The van der Waals surface area contributed by atoms with Crippen molar-refractivity contribution in [3.8, 4) is 0 Å². The highest BCUT2D eigenvalue weighted by molar-refractivity contribution is 5.75. The van der Waals surface area contributed by atoms with Crippen molar-refractivity contribution < 1.29 is 4.79 Å². The van der Waals surface area contributed by atoms with Crippen molar-refractivity contribution in [2.75, 3.05) is 20.1 Å². The number of hydrogen-bond acceptors (Lipinski definition) is 2. The van der Waals surface area contributed by atoms with Crippen LogP contribution in [0.25, 0.3) is 0 Å². The maximum atomic E-state index is 11.6. The van der Waals surface area contributed by atoms with E-state index in [9.17, 15) is 4.79 Å². The smallest absolute Gasteiger partial charge is 0.222 e. The number of rotatable bonds is 8. The van der Waals surface area contributed by atoms with E-state index in [1.54, 1.807) is 4.90 Å². The first-order valence-corrected chi connectivity index (χ1v) is 6.09. The Morgan fingerprint density at radius 2 is 1.93 bits per heavy atom. The van der Waals surface area contributed by atoms with Crippen molar-refractivity contribution in [3.63, 3.8) is 0 Å². The van der Waals surface area contributed by atoms with Gasteiger partial charge in [0.25, 0.3) is 0 Å². The van der Waals surface area contributed by atoms with Gasteiger partial charge in [0.15, 0.2) is 0 Å². The van der Waals surface area contributed by atoms with Gasteiger partial charge in [0.2, 0.25) is 5.91 Å². The van der Waals surface area contributed by atoms with Crippen LogP contribution in [0.3, 0.4) is 0 Å². The lowest BCUT2D eigenvalue weighted by Gasteiger charge is -2.18. The van der Waals surface area contributed by atoms with Crippen LogP contribution in [0.15, 0.2) is 0 Å². The minimum absolute atomic E-state index is 0.260. The van der Waals surface area contributed by atoms with Gasteiger partial charge in [-0.15, -0.1) is 0 Å². The van der Waals surface area contributed by atoms with Crippen LogP contribution >= 0.6 is 0 Å². The van der Waals surface area contributed by atoms with E-state index < -0.39 is 0 Å². The molecule has 0 aliphatic rings. The summed E-state index contributed by atoms with van der Waals surface area (Å²) in [6.07, 6.45) is 5.10. The molecule has 0 aromatic rings. The van der Waals surface area contributed by atoms with Gasteiger partial charge in [-0.1, -0.05) is 19.8 Å². The Kier molecular flexibility index (Phi) is 8.38. The van der Waals surface area contributed by atoms with Gasteiger partial charge in [0, 0.05) is 20.0 Å². The lowest BCUT2D eigenvalue weighted by molar-refractivity contribution is -0.130. The summed E-state index contributed by atoms with van der Waals surface area (Å²) in [6.45, 7) is 5.72. The first-order valence-electron chi connectivity index (χ1n) is 6.09. The molecule has 0 heterocycles. The molecule has 0 aromatic carbocycles. The second-order valence-corrected chi connectivity index (χ2v) is 4.18. The summed E-state index contributed by atoms with van der Waals surface area (Å²) in [7, 11) is 1.86. The fourth-order valence-electron chi connectivity index (χ4n) is 1.77. The summed E-state index contributed by atoms with van der Waals surface area (Å²) in [4.78, 5) is 13.4. The van der Waals surface area contributed by atoms with Crippen molar-refractivity contribution in [2.45, 2.75) is 46.0 Å². The van der Waals surface area contributed by atoms with Crippen LogP contribution in [-0.4, -0.2) is 30.9 Å². The molecule has 2 N–H and O–H groups in total. The van der Waals surface area contributed by atoms with Crippen LogP contribution in [0.4, 0.5) is 0 Å². The van der Waals surface area contributed by atoms with Crippen molar-refractivity contribution in [2.24, 2.45) is 11.7 Å². The van der Waals surface area contributed by atoms with Gasteiger partial charge in [-0.05, 0) is 32.2 Å². The van der Waals surface area contributed by atoms with E-state index in [0.717, 1.165) is 25.9 Å². The Morgan fingerprint density at radius 1 is 1.27 bits per heavy atom. The number of nitrogens with two attached hydrogens (primary N) is 1. The zero-order valence-electron chi connectivity index (χ0n) is 10.5. The van der Waals surface area contributed by atoms with Gasteiger partial charge < -0.3 is 10.6 Å². The molecule has 1 amide bonds. The largest absolute Gasteiger partial charge is 0.346 e. The summed E-state index contributed by atoms with van der Waals surface area (Å²) in [6, 6.07) is 0. The van der Waals surface area contributed by atoms with Crippen molar-refractivity contribution in [1.29, 1.82) is 0 Å². The Hall–Kier alpha value is -0.570. The van der Waals surface area contributed by atoms with E-state index in [-0.39, 0.29) is 5.91 Å². The summed E-state index contributed by atoms with van der Waals surface area (Å²) in [5.41, 5.74) is 5.56. The minimum Gasteiger partial charge on any atom is -0.346 e. The van der Waals surface area contributed by atoms with Crippen molar-refractivity contribution in [1.82, 2.24) is 4.90 Å². The summed E-state index contributed by atoms with van der Waals surface area (Å²) >= 11 is 0. The molecule has 0 aliphatic heterocycles. The zero-order valence-corrected chi connectivity index (χ0v) is 10.5. The lowest BCUT2D eigenvalue weighted by Crippen LogP contribution is -2.26. The fourth-order valence-corrected chi connectivity index (χ4v) is 1.77. The minimum atomic E-state index is 0.260. The van der Waals surface area contributed by atoms with Crippen LogP contribution in [0.1, 0.15) is 46.0 Å². The number of carbonyl (C=O) groups is 1. The van der Waals surface area contributed by atoms with Gasteiger partial charge in [-0.2, -0.15) is 0 Å². The Morgan fingerprint density at radius 3 is 2.40 bits per heavy atom. The molecule has 0 saturated carbocycles. The van der Waals surface area contributed by atoms with E-state index in [4.69, 9.17) is 5.73 Å². The first kappa shape index (κ1) is 14.4. The molecule has 90 valence electrons. The van der Waals surface area contributed by atoms with Crippen LogP contribution in [0.2, 0.25) is 0 Å². The monoisotopic (exact) mass is 214 g/mol. The van der Waals surface area contributed by atoms with E-state index in [2.05, 4.69) is 6.92 Å². The second-order valence-electron chi connectivity index (χ2n) is 4.18. The van der Waals surface area contributed by atoms with E-state index in [1.807, 2.05) is 14.0 Å². The third kappa shape index (κ3) is 6.50. The molecule has 0 spiro atoms. The molecule has 15 heavy (non-hydrogen) atoms. The Labute approximate surface area is 94.0 Å². The predicted molar refractivity (Wildman–Crippen MR) is 64.6 cm³/mol. The van der Waals surface area contributed by atoms with Crippen LogP contribution in [-0.2, 0) is 4.79 Å². The fraction of sp³-hybridized carbons (Fsp3) is 0.917. The van der Waals surface area contributed by atoms with Gasteiger partial charge in [0.1, 0.15) is 0 Å². The van der Waals surface area contributed by atoms with Crippen molar-refractivity contribution >= 4 is 5.91 Å². The Balaban J connectivity index is 3.82. The molecular formula is C12H26N2O. The number of nitrogens with zero attached hydrogens (tertiary/aromatic N) is 1.